The molecule has 3 saturated carbocycles. The number of allylic oxidation sites excluding steroid dienone is 1. The van der Waals surface area contributed by atoms with E-state index in [0.717, 1.165) is 51.4 Å². The molecule has 4 aliphatic rings. The minimum absolute atomic E-state index is 0. The maximum absolute atomic E-state index is 12.8. The number of carbonyl (C=O) groups excluding carboxylic acids is 2. The van der Waals surface area contributed by atoms with Gasteiger partial charge < -0.3 is 19.7 Å². The molecular weight excluding hydrogens is 439 g/mol. The number of carboxylic acid groups (broad SMARTS) is 1. The van der Waals surface area contributed by atoms with Crippen LogP contribution in [0.15, 0.2) is 35.9 Å². The van der Waals surface area contributed by atoms with Crippen molar-refractivity contribution in [2.75, 3.05) is 0 Å². The van der Waals surface area contributed by atoms with Crippen LogP contribution in [0.1, 0.15) is 92.9 Å². The van der Waals surface area contributed by atoms with Gasteiger partial charge in [-0.25, -0.2) is 4.79 Å². The molecule has 0 heterocycles. The molecule has 0 aromatic heterocycles. The van der Waals surface area contributed by atoms with E-state index in [1.54, 1.807) is 12.1 Å². The summed E-state index contributed by atoms with van der Waals surface area (Å²) in [6, 6.07) is 6.09. The molecule has 34 heavy (non-hydrogen) atoms. The van der Waals surface area contributed by atoms with E-state index in [2.05, 4.69) is 19.9 Å². The second kappa shape index (κ2) is 9.06. The molecule has 0 radical (unpaired) electrons. The van der Waals surface area contributed by atoms with Crippen LogP contribution >= 0.6 is 0 Å². The van der Waals surface area contributed by atoms with Crippen LogP contribution in [0, 0.1) is 28.6 Å². The number of aliphatic hydroxyl groups is 1. The van der Waals surface area contributed by atoms with E-state index in [-0.39, 0.29) is 57.6 Å². The first-order valence-electron chi connectivity index (χ1n) is 12.5. The van der Waals surface area contributed by atoms with E-state index in [1.165, 1.54) is 17.7 Å². The second-order valence-corrected chi connectivity index (χ2v) is 11.6. The van der Waals surface area contributed by atoms with Gasteiger partial charge in [0.2, 0.25) is 0 Å². The SMILES string of the molecule is CC12CCC(OC(=O)c3ccccc3C(=O)[O-])CC1=CCC1C2CCC2(C)C1CCC2(C)O.[Na+]. The molecule has 0 saturated heterocycles. The van der Waals surface area contributed by atoms with Gasteiger partial charge in [-0.3, -0.25) is 0 Å². The molecule has 1 aromatic rings. The summed E-state index contributed by atoms with van der Waals surface area (Å²) >= 11 is 0. The summed E-state index contributed by atoms with van der Waals surface area (Å²) in [4.78, 5) is 24.2. The molecule has 0 amide bonds. The van der Waals surface area contributed by atoms with Gasteiger partial charge in [-0.05, 0) is 86.5 Å². The molecule has 0 aliphatic heterocycles. The van der Waals surface area contributed by atoms with E-state index >= 15 is 0 Å². The Balaban J connectivity index is 0.00000274. The summed E-state index contributed by atoms with van der Waals surface area (Å²) in [5, 5.41) is 22.5. The fourth-order valence-corrected chi connectivity index (χ4v) is 8.03. The average molecular weight is 475 g/mol. The molecule has 3 fully saturated rings. The Hall–Kier alpha value is -1.14. The van der Waals surface area contributed by atoms with Crippen molar-refractivity contribution in [1.82, 2.24) is 0 Å². The van der Waals surface area contributed by atoms with Crippen molar-refractivity contribution in [1.29, 1.82) is 0 Å². The van der Waals surface area contributed by atoms with E-state index < -0.39 is 17.5 Å². The number of benzene rings is 1. The van der Waals surface area contributed by atoms with Crippen LogP contribution in [-0.2, 0) is 4.74 Å². The molecule has 0 bridgehead atoms. The minimum Gasteiger partial charge on any atom is -0.545 e. The molecule has 5 rings (SSSR count). The number of hydrogen-bond donors (Lipinski definition) is 1. The number of carbonyl (C=O) groups is 2. The predicted molar refractivity (Wildman–Crippen MR) is 122 cm³/mol. The van der Waals surface area contributed by atoms with Crippen LogP contribution in [0.2, 0.25) is 0 Å². The fourth-order valence-electron chi connectivity index (χ4n) is 8.03. The first-order chi connectivity index (χ1) is 15.6. The predicted octanol–water partition coefficient (Wildman–Crippen LogP) is 1.29. The van der Waals surface area contributed by atoms with Crippen molar-refractivity contribution in [2.24, 2.45) is 28.6 Å². The van der Waals surface area contributed by atoms with Crippen LogP contribution in [0.4, 0.5) is 0 Å². The summed E-state index contributed by atoms with van der Waals surface area (Å²) in [7, 11) is 0. The van der Waals surface area contributed by atoms with Crippen LogP contribution in [0.3, 0.4) is 0 Å². The third-order valence-corrected chi connectivity index (χ3v) is 10.3. The fraction of sp³-hybridized carbons (Fsp3) is 0.643. The standard InChI is InChI=1S/C28H36O5.Na/c1-26-13-10-18(33-25(31)20-7-5-4-6-19(20)24(29)30)16-17(26)8-9-21-22(26)11-14-27(2)23(21)12-15-28(27,3)32;/h4-8,18,21-23,32H,9-16H2,1-3H3,(H,29,30);/q;+1/p-1. The monoisotopic (exact) mass is 474 g/mol. The first-order valence-corrected chi connectivity index (χ1v) is 12.5. The third kappa shape index (κ3) is 3.91. The summed E-state index contributed by atoms with van der Waals surface area (Å²) in [6.07, 6.45) is 9.92. The maximum atomic E-state index is 12.8. The number of aromatic carboxylic acids is 1. The number of ether oxygens (including phenoxy) is 1. The van der Waals surface area contributed by atoms with Gasteiger partial charge >= 0.3 is 35.5 Å². The largest absolute Gasteiger partial charge is 1.00 e. The van der Waals surface area contributed by atoms with Crippen molar-refractivity contribution < 1.29 is 54.1 Å². The van der Waals surface area contributed by atoms with E-state index in [4.69, 9.17) is 4.74 Å². The van der Waals surface area contributed by atoms with Crippen molar-refractivity contribution >= 4 is 11.9 Å². The average Bonchev–Trinajstić information content (AvgIpc) is 3.03. The normalized spacial score (nSPS) is 40.6. The molecule has 4 aliphatic carbocycles. The zero-order chi connectivity index (χ0) is 23.6. The number of fused-ring (bicyclic) bond motifs is 5. The third-order valence-electron chi connectivity index (χ3n) is 10.3. The topological polar surface area (TPSA) is 86.7 Å². The van der Waals surface area contributed by atoms with Gasteiger partial charge in [0.15, 0.2) is 0 Å². The van der Waals surface area contributed by atoms with Crippen molar-refractivity contribution in [3.8, 4) is 0 Å². The Bertz CT molecular complexity index is 1020. The number of carboxylic acids is 1. The zero-order valence-electron chi connectivity index (χ0n) is 20.9. The van der Waals surface area contributed by atoms with Gasteiger partial charge in [-0.2, -0.15) is 0 Å². The summed E-state index contributed by atoms with van der Waals surface area (Å²) in [5.74, 6) is -0.160. The van der Waals surface area contributed by atoms with Gasteiger partial charge in [0.25, 0.3) is 0 Å². The van der Waals surface area contributed by atoms with Gasteiger partial charge in [-0.1, -0.05) is 43.7 Å². The Morgan fingerprint density at radius 3 is 2.38 bits per heavy atom. The number of hydrogen-bond acceptors (Lipinski definition) is 5. The van der Waals surface area contributed by atoms with Gasteiger partial charge in [0, 0.05) is 12.0 Å². The van der Waals surface area contributed by atoms with Crippen LogP contribution in [-0.4, -0.2) is 28.8 Å². The van der Waals surface area contributed by atoms with Crippen molar-refractivity contribution in [3.05, 3.63) is 47.0 Å². The molecule has 1 N–H and O–H groups in total. The van der Waals surface area contributed by atoms with E-state index in [0.29, 0.717) is 17.8 Å². The van der Waals surface area contributed by atoms with Gasteiger partial charge in [0.1, 0.15) is 6.10 Å². The van der Waals surface area contributed by atoms with Crippen LogP contribution in [0.25, 0.3) is 0 Å². The summed E-state index contributed by atoms with van der Waals surface area (Å²) in [6.45, 7) is 6.75. The number of esters is 1. The molecule has 0 spiro atoms. The van der Waals surface area contributed by atoms with Crippen LogP contribution < -0.4 is 34.7 Å². The molecule has 7 unspecified atom stereocenters. The first kappa shape index (κ1) is 25.9. The second-order valence-electron chi connectivity index (χ2n) is 11.6. The smallest absolute Gasteiger partial charge is 0.545 e. The Kier molecular flexibility index (Phi) is 6.91. The molecule has 7 atom stereocenters. The van der Waals surface area contributed by atoms with Gasteiger partial charge in [-0.15, -0.1) is 0 Å². The van der Waals surface area contributed by atoms with Gasteiger partial charge in [0.05, 0.1) is 17.1 Å². The molecule has 5 nitrogen and oxygen atoms in total. The Morgan fingerprint density at radius 1 is 1.00 bits per heavy atom. The Morgan fingerprint density at radius 2 is 1.68 bits per heavy atom. The minimum atomic E-state index is -1.37. The molecule has 1 aromatic carbocycles. The van der Waals surface area contributed by atoms with E-state index in [9.17, 15) is 19.8 Å². The quantitative estimate of drug-likeness (QED) is 0.405. The maximum Gasteiger partial charge on any atom is 1.00 e. The number of rotatable bonds is 3. The summed E-state index contributed by atoms with van der Waals surface area (Å²) in [5.41, 5.74) is 0.888. The van der Waals surface area contributed by atoms with Crippen molar-refractivity contribution in [3.63, 3.8) is 0 Å². The Labute approximate surface area is 224 Å². The van der Waals surface area contributed by atoms with Crippen molar-refractivity contribution in [2.45, 2.75) is 83.8 Å². The molecule has 6 heteroatoms. The molecule has 178 valence electrons. The summed E-state index contributed by atoms with van der Waals surface area (Å²) < 4.78 is 5.81. The zero-order valence-corrected chi connectivity index (χ0v) is 22.9. The van der Waals surface area contributed by atoms with E-state index in [1.807, 2.05) is 6.92 Å². The van der Waals surface area contributed by atoms with Crippen LogP contribution in [0.5, 0.6) is 0 Å². The molecular formula is C28H35NaO5.